The molecule has 130 valence electrons. The molecule has 0 unspecified atom stereocenters. The third-order valence-corrected chi connectivity index (χ3v) is 4.33. The van der Waals surface area contributed by atoms with Gasteiger partial charge >= 0.3 is 0 Å². The Hall–Kier alpha value is -2.22. The number of nitrogens with one attached hydrogen (secondary N) is 1. The number of piperidine rings is 1. The van der Waals surface area contributed by atoms with Crippen molar-refractivity contribution >= 4 is 11.8 Å². The van der Waals surface area contributed by atoms with Crippen molar-refractivity contribution in [1.29, 1.82) is 0 Å². The number of likely N-dealkylation sites (tertiary alicyclic amines) is 1. The molecule has 0 saturated carbocycles. The zero-order chi connectivity index (χ0) is 17.1. The Balaban J connectivity index is 1.61. The van der Waals surface area contributed by atoms with Gasteiger partial charge in [-0.15, -0.1) is 0 Å². The topological polar surface area (TPSA) is 89.1 Å². The number of carbonyl (C=O) groups excluding carboxylic acids is 1. The second kappa shape index (κ2) is 7.12. The first kappa shape index (κ1) is 16.6. The zero-order valence-corrected chi connectivity index (χ0v) is 14.4. The van der Waals surface area contributed by atoms with Crippen LogP contribution in [-0.4, -0.2) is 49.9 Å². The van der Waals surface area contributed by atoms with E-state index in [2.05, 4.69) is 25.5 Å². The molecular weight excluding hydrogens is 308 g/mol. The highest BCUT2D eigenvalue weighted by atomic mass is 16.5. The van der Waals surface area contributed by atoms with E-state index in [-0.39, 0.29) is 5.91 Å². The molecule has 2 aromatic rings. The van der Waals surface area contributed by atoms with Crippen LogP contribution in [0.2, 0.25) is 0 Å². The highest BCUT2D eigenvalue weighted by Crippen LogP contribution is 2.19. The van der Waals surface area contributed by atoms with Gasteiger partial charge in [-0.25, -0.2) is 9.67 Å². The Morgan fingerprint density at radius 2 is 2.21 bits per heavy atom. The lowest BCUT2D eigenvalue weighted by atomic mass is 10.0. The molecule has 2 aromatic heterocycles. The second-order valence-corrected chi connectivity index (χ2v) is 6.39. The first-order chi connectivity index (χ1) is 11.5. The molecule has 1 saturated heterocycles. The molecule has 3 heterocycles. The van der Waals surface area contributed by atoms with Crippen molar-refractivity contribution in [2.24, 2.45) is 0 Å². The fourth-order valence-corrected chi connectivity index (χ4v) is 3.19. The van der Waals surface area contributed by atoms with Crippen LogP contribution in [0.5, 0.6) is 0 Å². The maximum Gasteiger partial charge on any atom is 0.240 e. The smallest absolute Gasteiger partial charge is 0.240 e. The Morgan fingerprint density at radius 3 is 2.88 bits per heavy atom. The normalized spacial score (nSPS) is 18.7. The number of aryl methyl sites for hydroxylation is 3. The fraction of sp³-hybridized carbons (Fsp3) is 0.625. The Morgan fingerprint density at radius 1 is 1.38 bits per heavy atom. The molecule has 1 amide bonds. The molecule has 0 radical (unpaired) electrons. The minimum absolute atomic E-state index is 0.0791. The molecular formula is C16H24N6O2. The number of hydrogen-bond acceptors (Lipinski definition) is 6. The Bertz CT molecular complexity index is 707. The number of anilines is 1. The van der Waals surface area contributed by atoms with E-state index in [1.807, 2.05) is 25.5 Å². The average molecular weight is 332 g/mol. The van der Waals surface area contributed by atoms with Crippen molar-refractivity contribution in [1.82, 2.24) is 24.8 Å². The van der Waals surface area contributed by atoms with Gasteiger partial charge in [0.1, 0.15) is 11.6 Å². The van der Waals surface area contributed by atoms with Crippen LogP contribution >= 0.6 is 0 Å². The zero-order valence-electron chi connectivity index (χ0n) is 14.4. The minimum Gasteiger partial charge on any atom is -0.338 e. The number of amides is 1. The highest BCUT2D eigenvalue weighted by Gasteiger charge is 2.25. The predicted molar refractivity (Wildman–Crippen MR) is 88.6 cm³/mol. The van der Waals surface area contributed by atoms with Gasteiger partial charge in [0.05, 0.1) is 18.8 Å². The van der Waals surface area contributed by atoms with Gasteiger partial charge in [-0.2, -0.15) is 5.10 Å². The van der Waals surface area contributed by atoms with Gasteiger partial charge in [0.25, 0.3) is 0 Å². The van der Waals surface area contributed by atoms with Crippen LogP contribution in [0.4, 0.5) is 5.88 Å². The number of rotatable bonds is 5. The summed E-state index contributed by atoms with van der Waals surface area (Å²) in [6.45, 7) is 7.71. The van der Waals surface area contributed by atoms with Crippen LogP contribution < -0.4 is 5.32 Å². The summed E-state index contributed by atoms with van der Waals surface area (Å²) in [4.78, 5) is 18.9. The van der Waals surface area contributed by atoms with E-state index in [0.29, 0.717) is 18.5 Å². The number of carbonyl (C=O) groups is 1. The molecule has 0 spiro atoms. The third-order valence-electron chi connectivity index (χ3n) is 4.33. The quantitative estimate of drug-likeness (QED) is 0.896. The summed E-state index contributed by atoms with van der Waals surface area (Å²) in [5.74, 6) is 2.02. The molecule has 3 rings (SSSR count). The van der Waals surface area contributed by atoms with Gasteiger partial charge in [-0.3, -0.25) is 15.0 Å². The van der Waals surface area contributed by atoms with Crippen LogP contribution in [0.1, 0.15) is 36.6 Å². The van der Waals surface area contributed by atoms with Gasteiger partial charge in [-0.1, -0.05) is 11.6 Å². The second-order valence-electron chi connectivity index (χ2n) is 6.39. The van der Waals surface area contributed by atoms with Crippen LogP contribution in [-0.2, 0) is 11.3 Å². The number of hydrogen-bond donors (Lipinski definition) is 1. The molecule has 1 N–H and O–H groups in total. The van der Waals surface area contributed by atoms with Gasteiger partial charge in [0.2, 0.25) is 11.8 Å². The maximum absolute atomic E-state index is 12.3. The van der Waals surface area contributed by atoms with Gasteiger partial charge in [0, 0.05) is 12.1 Å². The lowest BCUT2D eigenvalue weighted by molar-refractivity contribution is -0.118. The van der Waals surface area contributed by atoms with Crippen LogP contribution in [0.3, 0.4) is 0 Å². The van der Waals surface area contributed by atoms with Gasteiger partial charge < -0.3 is 4.52 Å². The molecule has 8 heteroatoms. The molecule has 24 heavy (non-hydrogen) atoms. The summed E-state index contributed by atoms with van der Waals surface area (Å²) < 4.78 is 6.98. The van der Waals surface area contributed by atoms with Crippen molar-refractivity contribution in [3.05, 3.63) is 23.4 Å². The molecule has 0 aromatic carbocycles. The molecule has 1 fully saturated rings. The molecule has 1 atom stereocenters. The molecule has 8 nitrogen and oxygen atoms in total. The van der Waals surface area contributed by atoms with E-state index >= 15 is 0 Å². The first-order valence-corrected chi connectivity index (χ1v) is 8.36. The van der Waals surface area contributed by atoms with Crippen LogP contribution in [0, 0.1) is 20.8 Å². The molecule has 1 aliphatic heterocycles. The summed E-state index contributed by atoms with van der Waals surface area (Å²) in [5, 5.41) is 11.0. The summed E-state index contributed by atoms with van der Waals surface area (Å²) in [6.07, 6.45) is 3.35. The molecule has 0 bridgehead atoms. The Labute approximate surface area is 141 Å². The summed E-state index contributed by atoms with van der Waals surface area (Å²) in [6, 6.07) is 2.01. The van der Waals surface area contributed by atoms with E-state index in [0.717, 1.165) is 43.3 Å². The highest BCUT2D eigenvalue weighted by molar-refractivity contribution is 5.91. The van der Waals surface area contributed by atoms with Crippen LogP contribution in [0.25, 0.3) is 0 Å². The van der Waals surface area contributed by atoms with Crippen LogP contribution in [0.15, 0.2) is 10.6 Å². The van der Waals surface area contributed by atoms with Crippen molar-refractivity contribution in [3.63, 3.8) is 0 Å². The minimum atomic E-state index is -0.0791. The maximum atomic E-state index is 12.3. The largest absolute Gasteiger partial charge is 0.338 e. The molecule has 1 aliphatic rings. The van der Waals surface area contributed by atoms with E-state index in [9.17, 15) is 4.79 Å². The van der Waals surface area contributed by atoms with Crippen molar-refractivity contribution in [3.8, 4) is 0 Å². The SMILES string of the molecule is Cc1cc(NC(=O)CN2CCCC[C@H]2Cn2nc(C)nc2C)on1. The summed E-state index contributed by atoms with van der Waals surface area (Å²) in [5.41, 5.74) is 0.748. The van der Waals surface area contributed by atoms with Crippen molar-refractivity contribution < 1.29 is 9.32 Å². The monoisotopic (exact) mass is 332 g/mol. The van der Waals surface area contributed by atoms with Gasteiger partial charge in [-0.05, 0) is 40.2 Å². The van der Waals surface area contributed by atoms with Crippen molar-refractivity contribution in [2.75, 3.05) is 18.4 Å². The number of aromatic nitrogens is 4. The number of nitrogens with zero attached hydrogens (tertiary/aromatic N) is 5. The fourth-order valence-electron chi connectivity index (χ4n) is 3.19. The average Bonchev–Trinajstić information content (AvgIpc) is 3.06. The Kier molecular flexibility index (Phi) is 4.94. The predicted octanol–water partition coefficient (Wildman–Crippen LogP) is 1.68. The molecule has 0 aliphatic carbocycles. The summed E-state index contributed by atoms with van der Waals surface area (Å²) in [7, 11) is 0. The first-order valence-electron chi connectivity index (χ1n) is 8.36. The lowest BCUT2D eigenvalue weighted by Crippen LogP contribution is -2.46. The standard InChI is InChI=1S/C16H24N6O2/c1-11-8-16(24-20-11)18-15(23)10-21-7-5-4-6-14(21)9-22-13(3)17-12(2)19-22/h8,14H,4-7,9-10H2,1-3H3,(H,18,23)/t14-/m0/s1. The van der Waals surface area contributed by atoms with E-state index < -0.39 is 0 Å². The summed E-state index contributed by atoms with van der Waals surface area (Å²) >= 11 is 0. The van der Waals surface area contributed by atoms with E-state index in [4.69, 9.17) is 4.52 Å². The lowest BCUT2D eigenvalue weighted by Gasteiger charge is -2.35. The van der Waals surface area contributed by atoms with Crippen molar-refractivity contribution in [2.45, 2.75) is 52.6 Å². The van der Waals surface area contributed by atoms with E-state index in [1.165, 1.54) is 6.42 Å². The van der Waals surface area contributed by atoms with E-state index in [1.54, 1.807) is 6.07 Å². The third kappa shape index (κ3) is 4.00. The van der Waals surface area contributed by atoms with Gasteiger partial charge in [0.15, 0.2) is 0 Å².